The van der Waals surface area contributed by atoms with Crippen LogP contribution in [0, 0.1) is 6.92 Å². The van der Waals surface area contributed by atoms with Gasteiger partial charge in [0.1, 0.15) is 7.11 Å². The van der Waals surface area contributed by atoms with Crippen LogP contribution in [-0.2, 0) is 23.7 Å². The average molecular weight is 333 g/mol. The number of oxime groups is 1. The van der Waals surface area contributed by atoms with E-state index >= 15 is 0 Å². The van der Waals surface area contributed by atoms with Crippen LogP contribution in [0.4, 0.5) is 0 Å². The van der Waals surface area contributed by atoms with Crippen molar-refractivity contribution < 1.29 is 23.7 Å². The minimum absolute atomic E-state index is 0.107. The van der Waals surface area contributed by atoms with Crippen molar-refractivity contribution >= 4 is 24.3 Å². The lowest BCUT2D eigenvalue weighted by Gasteiger charge is -2.32. The summed E-state index contributed by atoms with van der Waals surface area (Å²) in [6.45, 7) is 9.86. The summed E-state index contributed by atoms with van der Waals surface area (Å²) in [5.41, 5.74) is 1.54. The SMILES string of the molecule is CO/N=C(/C(=O)OC)c1cc(B2OC(C)(C)C(C)(C)O2)ccc1C. The Balaban J connectivity index is 2.43. The summed E-state index contributed by atoms with van der Waals surface area (Å²) >= 11 is 0. The molecule has 0 aromatic heterocycles. The molecule has 2 rings (SSSR count). The minimum atomic E-state index is -0.564. The first-order valence-electron chi connectivity index (χ1n) is 7.79. The second kappa shape index (κ2) is 6.57. The molecule has 0 spiro atoms. The Morgan fingerprint density at radius 3 is 2.21 bits per heavy atom. The molecule has 0 bridgehead atoms. The van der Waals surface area contributed by atoms with E-state index in [9.17, 15) is 4.79 Å². The highest BCUT2D eigenvalue weighted by molar-refractivity contribution is 6.62. The molecule has 24 heavy (non-hydrogen) atoms. The molecule has 0 radical (unpaired) electrons. The lowest BCUT2D eigenvalue weighted by molar-refractivity contribution is -0.132. The first-order valence-corrected chi connectivity index (χ1v) is 7.79. The maximum atomic E-state index is 12.0. The summed E-state index contributed by atoms with van der Waals surface area (Å²) in [6, 6.07) is 5.64. The van der Waals surface area contributed by atoms with Gasteiger partial charge in [0, 0.05) is 5.56 Å². The van der Waals surface area contributed by atoms with Crippen molar-refractivity contribution in [3.8, 4) is 0 Å². The van der Waals surface area contributed by atoms with Gasteiger partial charge in [-0.3, -0.25) is 0 Å². The summed E-state index contributed by atoms with van der Waals surface area (Å²) < 4.78 is 16.9. The first kappa shape index (κ1) is 18.5. The van der Waals surface area contributed by atoms with Crippen LogP contribution in [0.15, 0.2) is 23.4 Å². The number of carbonyl (C=O) groups is 1. The molecule has 1 aliphatic rings. The van der Waals surface area contributed by atoms with Gasteiger partial charge < -0.3 is 18.9 Å². The lowest BCUT2D eigenvalue weighted by Crippen LogP contribution is -2.41. The largest absolute Gasteiger partial charge is 0.494 e. The van der Waals surface area contributed by atoms with Crippen LogP contribution in [-0.4, -0.2) is 44.2 Å². The monoisotopic (exact) mass is 333 g/mol. The number of esters is 1. The molecule has 1 saturated heterocycles. The average Bonchev–Trinajstić information content (AvgIpc) is 2.73. The van der Waals surface area contributed by atoms with Gasteiger partial charge in [-0.1, -0.05) is 23.4 Å². The van der Waals surface area contributed by atoms with E-state index in [1.165, 1.54) is 14.2 Å². The molecule has 6 nitrogen and oxygen atoms in total. The Labute approximate surface area is 143 Å². The molecule has 1 fully saturated rings. The molecule has 0 amide bonds. The van der Waals surface area contributed by atoms with Crippen LogP contribution in [0.3, 0.4) is 0 Å². The second-order valence-corrected chi connectivity index (χ2v) is 6.78. The van der Waals surface area contributed by atoms with Crippen molar-refractivity contribution in [2.75, 3.05) is 14.2 Å². The van der Waals surface area contributed by atoms with Gasteiger partial charge >= 0.3 is 13.1 Å². The second-order valence-electron chi connectivity index (χ2n) is 6.78. The Morgan fingerprint density at radius 1 is 1.12 bits per heavy atom. The third-order valence-electron chi connectivity index (χ3n) is 4.60. The molecule has 1 heterocycles. The van der Waals surface area contributed by atoms with E-state index in [1.807, 2.05) is 52.8 Å². The minimum Gasteiger partial charge on any atom is -0.464 e. The van der Waals surface area contributed by atoms with Crippen molar-refractivity contribution in [1.82, 2.24) is 0 Å². The standard InChI is InChI=1S/C17H24BNO5/c1-11-8-9-12(18-23-16(2,3)17(4,5)24-18)10-13(11)14(19-22-7)15(20)21-6/h8-10H,1-7H3/b19-14+. The zero-order valence-corrected chi connectivity index (χ0v) is 15.3. The van der Waals surface area contributed by atoms with Crippen LogP contribution >= 0.6 is 0 Å². The maximum absolute atomic E-state index is 12.0. The maximum Gasteiger partial charge on any atom is 0.494 e. The topological polar surface area (TPSA) is 66.4 Å². The Hall–Kier alpha value is -1.86. The predicted molar refractivity (Wildman–Crippen MR) is 92.5 cm³/mol. The normalized spacial score (nSPS) is 19.3. The molecule has 1 aromatic rings. The smallest absolute Gasteiger partial charge is 0.464 e. The number of aryl methyl sites for hydroxylation is 1. The number of hydrogen-bond donors (Lipinski definition) is 0. The molecule has 0 N–H and O–H groups in total. The highest BCUT2D eigenvalue weighted by atomic mass is 16.7. The Kier molecular flexibility index (Phi) is 5.06. The van der Waals surface area contributed by atoms with E-state index in [1.54, 1.807) is 0 Å². The highest BCUT2D eigenvalue weighted by Crippen LogP contribution is 2.36. The van der Waals surface area contributed by atoms with Crippen LogP contribution in [0.25, 0.3) is 0 Å². The van der Waals surface area contributed by atoms with E-state index in [0.29, 0.717) is 5.56 Å². The van der Waals surface area contributed by atoms with Gasteiger partial charge in [0.2, 0.25) is 0 Å². The summed E-state index contributed by atoms with van der Waals surface area (Å²) in [6.07, 6.45) is 0. The third kappa shape index (κ3) is 3.32. The van der Waals surface area contributed by atoms with Crippen LogP contribution in [0.1, 0.15) is 38.8 Å². The van der Waals surface area contributed by atoms with Gasteiger partial charge in [-0.05, 0) is 45.6 Å². The molecule has 130 valence electrons. The van der Waals surface area contributed by atoms with Crippen LogP contribution in [0.2, 0.25) is 0 Å². The number of ether oxygens (including phenoxy) is 1. The molecular formula is C17H24BNO5. The van der Waals surface area contributed by atoms with E-state index in [4.69, 9.17) is 18.9 Å². The van der Waals surface area contributed by atoms with Crippen molar-refractivity contribution in [2.45, 2.75) is 45.8 Å². The fourth-order valence-corrected chi connectivity index (χ4v) is 2.40. The van der Waals surface area contributed by atoms with Gasteiger partial charge in [-0.2, -0.15) is 0 Å². The summed E-state index contributed by atoms with van der Waals surface area (Å²) in [4.78, 5) is 16.8. The van der Waals surface area contributed by atoms with Gasteiger partial charge in [0.15, 0.2) is 5.71 Å². The number of rotatable bonds is 4. The molecule has 0 unspecified atom stereocenters. The van der Waals surface area contributed by atoms with Gasteiger partial charge in [-0.25, -0.2) is 4.79 Å². The van der Waals surface area contributed by atoms with Crippen molar-refractivity contribution in [3.05, 3.63) is 29.3 Å². The van der Waals surface area contributed by atoms with E-state index in [2.05, 4.69) is 5.16 Å². The van der Waals surface area contributed by atoms with Crippen LogP contribution in [0.5, 0.6) is 0 Å². The van der Waals surface area contributed by atoms with E-state index in [0.717, 1.165) is 11.0 Å². The predicted octanol–water partition coefficient (Wildman–Crippen LogP) is 1.82. The third-order valence-corrected chi connectivity index (χ3v) is 4.60. The zero-order chi connectivity index (χ0) is 18.1. The van der Waals surface area contributed by atoms with Crippen molar-refractivity contribution in [1.29, 1.82) is 0 Å². The number of nitrogens with zero attached hydrogens (tertiary/aromatic N) is 1. The summed E-state index contributed by atoms with van der Waals surface area (Å²) in [7, 11) is 2.17. The quantitative estimate of drug-likeness (QED) is 0.364. The van der Waals surface area contributed by atoms with Crippen LogP contribution < -0.4 is 5.46 Å². The number of methoxy groups -OCH3 is 1. The zero-order valence-electron chi connectivity index (χ0n) is 15.3. The number of benzene rings is 1. The first-order chi connectivity index (χ1) is 11.1. The molecule has 0 saturated carbocycles. The highest BCUT2D eigenvalue weighted by Gasteiger charge is 2.51. The lowest BCUT2D eigenvalue weighted by atomic mass is 9.77. The fraction of sp³-hybridized carbons (Fsp3) is 0.529. The molecular weight excluding hydrogens is 309 g/mol. The number of hydrogen-bond acceptors (Lipinski definition) is 6. The Bertz CT molecular complexity index is 653. The summed E-state index contributed by atoms with van der Waals surface area (Å²) in [5.74, 6) is -0.564. The molecule has 1 aromatic carbocycles. The molecule has 7 heteroatoms. The Morgan fingerprint density at radius 2 is 1.71 bits per heavy atom. The molecule has 0 atom stereocenters. The molecule has 0 aliphatic carbocycles. The van der Waals surface area contributed by atoms with Crippen molar-refractivity contribution in [3.63, 3.8) is 0 Å². The van der Waals surface area contributed by atoms with Gasteiger partial charge in [-0.15, -0.1) is 0 Å². The van der Waals surface area contributed by atoms with Gasteiger partial charge in [0.05, 0.1) is 18.3 Å². The molecule has 1 aliphatic heterocycles. The van der Waals surface area contributed by atoms with Crippen molar-refractivity contribution in [2.24, 2.45) is 5.16 Å². The van der Waals surface area contributed by atoms with Gasteiger partial charge in [0.25, 0.3) is 0 Å². The fourth-order valence-electron chi connectivity index (χ4n) is 2.40. The van der Waals surface area contributed by atoms with E-state index < -0.39 is 24.3 Å². The van der Waals surface area contributed by atoms with E-state index in [-0.39, 0.29) is 5.71 Å². The number of carbonyl (C=O) groups excluding carboxylic acids is 1. The summed E-state index contributed by atoms with van der Waals surface area (Å²) in [5, 5.41) is 3.81.